The number of nitrogens with one attached hydrogen (secondary N) is 1. The topological polar surface area (TPSA) is 60.5 Å². The van der Waals surface area contributed by atoms with Crippen LogP contribution in [0.1, 0.15) is 10.4 Å². The number of fused-ring (bicyclic) bond motifs is 2. The Morgan fingerprint density at radius 1 is 0.967 bits per heavy atom. The van der Waals surface area contributed by atoms with E-state index in [1.54, 1.807) is 36.4 Å². The van der Waals surface area contributed by atoms with Crippen LogP contribution in [0.4, 0.5) is 5.69 Å². The predicted octanol–water partition coefficient (Wildman–Crippen LogP) is 6.30. The average molecular weight is 482 g/mol. The van der Waals surface area contributed by atoms with Gasteiger partial charge in [-0.05, 0) is 48.5 Å². The van der Waals surface area contributed by atoms with Gasteiger partial charge in [-0.3, -0.25) is 4.79 Å². The van der Waals surface area contributed by atoms with Crippen LogP contribution in [0.25, 0.3) is 22.2 Å². The maximum atomic E-state index is 13.2. The maximum absolute atomic E-state index is 13.2. The Hall–Kier alpha value is -3.09. The highest BCUT2D eigenvalue weighted by Crippen LogP contribution is 2.35. The highest BCUT2D eigenvalue weighted by Gasteiger charge is 2.17. The number of benzene rings is 3. The van der Waals surface area contributed by atoms with Crippen molar-refractivity contribution >= 4 is 50.0 Å². The standard InChI is InChI=1S/C23H14BrClN2O3/c24-14-3-7-19-17(9-14)18(11-20(27-19)13-1-4-15(25)5-2-13)23(28)26-16-6-8-21-22(10-16)30-12-29-21/h1-11H,12H2,(H,26,28). The van der Waals surface area contributed by atoms with Crippen molar-refractivity contribution in [2.45, 2.75) is 0 Å². The summed E-state index contributed by atoms with van der Waals surface area (Å²) in [7, 11) is 0. The molecule has 2 heterocycles. The van der Waals surface area contributed by atoms with Crippen LogP contribution < -0.4 is 14.8 Å². The van der Waals surface area contributed by atoms with E-state index in [-0.39, 0.29) is 12.7 Å². The van der Waals surface area contributed by atoms with Crippen LogP contribution in [0.5, 0.6) is 11.5 Å². The number of anilines is 1. The average Bonchev–Trinajstić information content (AvgIpc) is 3.21. The van der Waals surface area contributed by atoms with Gasteiger partial charge in [0.25, 0.3) is 5.91 Å². The Bertz CT molecular complexity index is 1290. The number of hydrogen-bond acceptors (Lipinski definition) is 4. The summed E-state index contributed by atoms with van der Waals surface area (Å²) < 4.78 is 11.6. The number of pyridine rings is 1. The molecule has 1 aliphatic heterocycles. The molecule has 0 spiro atoms. The quantitative estimate of drug-likeness (QED) is 0.373. The molecule has 5 nitrogen and oxygen atoms in total. The van der Waals surface area contributed by atoms with E-state index in [1.165, 1.54) is 0 Å². The SMILES string of the molecule is O=C(Nc1ccc2c(c1)OCO2)c1cc(-c2ccc(Cl)cc2)nc2ccc(Br)cc12. The number of ether oxygens (including phenoxy) is 2. The molecule has 1 aromatic heterocycles. The molecule has 7 heteroatoms. The third-order valence-corrected chi connectivity index (χ3v) is 5.53. The summed E-state index contributed by atoms with van der Waals surface area (Å²) in [6, 6.07) is 20.2. The minimum atomic E-state index is -0.241. The van der Waals surface area contributed by atoms with E-state index < -0.39 is 0 Å². The Morgan fingerprint density at radius 2 is 1.77 bits per heavy atom. The first-order valence-corrected chi connectivity index (χ1v) is 10.3. The number of amides is 1. The van der Waals surface area contributed by atoms with E-state index in [0.717, 1.165) is 20.9 Å². The smallest absolute Gasteiger partial charge is 0.256 e. The third-order valence-electron chi connectivity index (χ3n) is 4.79. The number of halogens is 2. The van der Waals surface area contributed by atoms with Crippen molar-refractivity contribution in [3.8, 4) is 22.8 Å². The maximum Gasteiger partial charge on any atom is 0.256 e. The minimum Gasteiger partial charge on any atom is -0.454 e. The molecule has 0 aliphatic carbocycles. The summed E-state index contributed by atoms with van der Waals surface area (Å²) in [5.41, 5.74) is 3.43. The Kier molecular flexibility index (Phi) is 4.81. The van der Waals surface area contributed by atoms with E-state index in [2.05, 4.69) is 21.2 Å². The van der Waals surface area contributed by atoms with Crippen LogP contribution in [-0.4, -0.2) is 17.7 Å². The molecule has 0 saturated carbocycles. The fourth-order valence-corrected chi connectivity index (χ4v) is 3.81. The first-order chi connectivity index (χ1) is 14.6. The summed E-state index contributed by atoms with van der Waals surface area (Å²) in [5.74, 6) is 1.03. The van der Waals surface area contributed by atoms with Gasteiger partial charge < -0.3 is 14.8 Å². The third kappa shape index (κ3) is 3.60. The van der Waals surface area contributed by atoms with Crippen molar-refractivity contribution in [3.63, 3.8) is 0 Å². The van der Waals surface area contributed by atoms with Gasteiger partial charge in [0.15, 0.2) is 11.5 Å². The van der Waals surface area contributed by atoms with Gasteiger partial charge in [-0.1, -0.05) is 39.7 Å². The molecule has 1 amide bonds. The predicted molar refractivity (Wildman–Crippen MR) is 120 cm³/mol. The summed E-state index contributed by atoms with van der Waals surface area (Å²) in [4.78, 5) is 18.0. The van der Waals surface area contributed by atoms with Crippen molar-refractivity contribution < 1.29 is 14.3 Å². The number of aromatic nitrogens is 1. The number of rotatable bonds is 3. The van der Waals surface area contributed by atoms with Crippen molar-refractivity contribution in [1.82, 2.24) is 4.98 Å². The fourth-order valence-electron chi connectivity index (χ4n) is 3.33. The highest BCUT2D eigenvalue weighted by molar-refractivity contribution is 9.10. The number of hydrogen-bond donors (Lipinski definition) is 1. The molecule has 0 saturated heterocycles. The van der Waals surface area contributed by atoms with Crippen LogP contribution in [0.15, 0.2) is 71.2 Å². The second-order valence-electron chi connectivity index (χ2n) is 6.75. The second kappa shape index (κ2) is 7.63. The Labute approximate surface area is 185 Å². The molecule has 148 valence electrons. The van der Waals surface area contributed by atoms with Gasteiger partial charge in [0.1, 0.15) is 0 Å². The van der Waals surface area contributed by atoms with E-state index in [1.807, 2.05) is 30.3 Å². The van der Waals surface area contributed by atoms with Crippen LogP contribution in [-0.2, 0) is 0 Å². The molecule has 0 fully saturated rings. The van der Waals surface area contributed by atoms with Gasteiger partial charge in [-0.15, -0.1) is 0 Å². The second-order valence-corrected chi connectivity index (χ2v) is 8.10. The van der Waals surface area contributed by atoms with Gasteiger partial charge in [0.05, 0.1) is 16.8 Å². The molecule has 0 radical (unpaired) electrons. The van der Waals surface area contributed by atoms with E-state index in [0.29, 0.717) is 33.5 Å². The van der Waals surface area contributed by atoms with Gasteiger partial charge in [-0.25, -0.2) is 4.98 Å². The molecule has 1 aliphatic rings. The summed E-state index contributed by atoms with van der Waals surface area (Å²) >= 11 is 9.50. The number of carbonyl (C=O) groups is 1. The molecular formula is C23H14BrClN2O3. The zero-order chi connectivity index (χ0) is 20.7. The van der Waals surface area contributed by atoms with E-state index in [9.17, 15) is 4.79 Å². The van der Waals surface area contributed by atoms with E-state index >= 15 is 0 Å². The lowest BCUT2D eigenvalue weighted by molar-refractivity contribution is 0.102. The minimum absolute atomic E-state index is 0.181. The number of nitrogens with zero attached hydrogens (tertiary/aromatic N) is 1. The lowest BCUT2D eigenvalue weighted by Gasteiger charge is -2.12. The zero-order valence-corrected chi connectivity index (χ0v) is 17.8. The van der Waals surface area contributed by atoms with Crippen LogP contribution in [0, 0.1) is 0 Å². The lowest BCUT2D eigenvalue weighted by Crippen LogP contribution is -2.13. The summed E-state index contributed by atoms with van der Waals surface area (Å²) in [6.07, 6.45) is 0. The Balaban J connectivity index is 1.58. The van der Waals surface area contributed by atoms with Crippen molar-refractivity contribution in [2.75, 3.05) is 12.1 Å². The molecule has 3 aromatic carbocycles. The van der Waals surface area contributed by atoms with Crippen molar-refractivity contribution in [1.29, 1.82) is 0 Å². The van der Waals surface area contributed by atoms with Crippen molar-refractivity contribution in [2.24, 2.45) is 0 Å². The normalized spacial score (nSPS) is 12.2. The first kappa shape index (κ1) is 18.9. The molecule has 1 N–H and O–H groups in total. The molecule has 0 atom stereocenters. The van der Waals surface area contributed by atoms with Gasteiger partial charge in [0.2, 0.25) is 6.79 Å². The zero-order valence-electron chi connectivity index (χ0n) is 15.5. The van der Waals surface area contributed by atoms with Crippen LogP contribution in [0.2, 0.25) is 5.02 Å². The Morgan fingerprint density at radius 3 is 2.60 bits per heavy atom. The van der Waals surface area contributed by atoms with Gasteiger partial charge in [-0.2, -0.15) is 0 Å². The lowest BCUT2D eigenvalue weighted by atomic mass is 10.0. The largest absolute Gasteiger partial charge is 0.454 e. The van der Waals surface area contributed by atoms with Gasteiger partial charge in [0, 0.05) is 32.2 Å². The monoisotopic (exact) mass is 480 g/mol. The van der Waals surface area contributed by atoms with Crippen molar-refractivity contribution in [3.05, 3.63) is 81.8 Å². The summed E-state index contributed by atoms with van der Waals surface area (Å²) in [6.45, 7) is 0.181. The van der Waals surface area contributed by atoms with Crippen LogP contribution in [0.3, 0.4) is 0 Å². The molecule has 0 bridgehead atoms. The molecular weight excluding hydrogens is 468 g/mol. The molecule has 5 rings (SSSR count). The van der Waals surface area contributed by atoms with E-state index in [4.69, 9.17) is 26.1 Å². The first-order valence-electron chi connectivity index (χ1n) is 9.14. The summed E-state index contributed by atoms with van der Waals surface area (Å²) in [5, 5.41) is 4.34. The number of carbonyl (C=O) groups excluding carboxylic acids is 1. The highest BCUT2D eigenvalue weighted by atomic mass is 79.9. The van der Waals surface area contributed by atoms with Crippen LogP contribution >= 0.6 is 27.5 Å². The fraction of sp³-hybridized carbons (Fsp3) is 0.0435. The molecule has 4 aromatic rings. The molecule has 30 heavy (non-hydrogen) atoms. The van der Waals surface area contributed by atoms with Gasteiger partial charge >= 0.3 is 0 Å². The molecule has 0 unspecified atom stereocenters.